The molecule has 0 fully saturated rings. The number of hydrogen-bond acceptors (Lipinski definition) is 5. The van der Waals surface area contributed by atoms with E-state index < -0.39 is 4.92 Å². The number of carbonyl (C=O) groups is 1. The largest absolute Gasteiger partial charge is 0.347 e. The molecule has 3 aromatic rings. The number of nitrogens with zero attached hydrogens (tertiary/aromatic N) is 4. The Labute approximate surface area is 175 Å². The smallest absolute Gasteiger partial charge is 0.272 e. The maximum absolute atomic E-state index is 12.4. The lowest BCUT2D eigenvalue weighted by Gasteiger charge is -2.18. The molecule has 0 radical (unpaired) electrons. The fourth-order valence-corrected chi connectivity index (χ4v) is 3.06. The number of rotatable bonds is 9. The van der Waals surface area contributed by atoms with Gasteiger partial charge in [0.25, 0.3) is 11.6 Å². The zero-order valence-corrected chi connectivity index (χ0v) is 17.1. The molecule has 0 spiro atoms. The first-order valence-corrected chi connectivity index (χ1v) is 9.89. The summed E-state index contributed by atoms with van der Waals surface area (Å²) in [5.74, 6) is -0.275. The molecule has 1 heterocycles. The van der Waals surface area contributed by atoms with Gasteiger partial charge in [-0.2, -0.15) is 5.10 Å². The second-order valence-electron chi connectivity index (χ2n) is 6.88. The summed E-state index contributed by atoms with van der Waals surface area (Å²) < 4.78 is 1.51. The van der Waals surface area contributed by atoms with Gasteiger partial charge in [0, 0.05) is 31.4 Å². The quantitative estimate of drug-likeness (QED) is 0.432. The highest BCUT2D eigenvalue weighted by molar-refractivity contribution is 5.92. The van der Waals surface area contributed by atoms with Crippen LogP contribution in [-0.4, -0.2) is 38.6 Å². The van der Waals surface area contributed by atoms with E-state index in [9.17, 15) is 14.9 Å². The highest BCUT2D eigenvalue weighted by Gasteiger charge is 2.11. The van der Waals surface area contributed by atoms with Crippen molar-refractivity contribution in [3.05, 3.63) is 87.7 Å². The molecule has 3 rings (SSSR count). The van der Waals surface area contributed by atoms with Crippen LogP contribution in [0, 0.1) is 10.1 Å². The minimum atomic E-state index is -0.456. The molecule has 156 valence electrons. The first kappa shape index (κ1) is 21.2. The van der Waals surface area contributed by atoms with Crippen LogP contribution in [-0.2, 0) is 13.1 Å². The van der Waals surface area contributed by atoms with Crippen molar-refractivity contribution in [2.24, 2.45) is 0 Å². The van der Waals surface area contributed by atoms with E-state index >= 15 is 0 Å². The number of nitro groups is 1. The number of aromatic nitrogens is 2. The molecule has 8 nitrogen and oxygen atoms in total. The van der Waals surface area contributed by atoms with Gasteiger partial charge >= 0.3 is 0 Å². The summed E-state index contributed by atoms with van der Waals surface area (Å²) in [5, 5.41) is 17.9. The predicted octanol–water partition coefficient (Wildman–Crippen LogP) is 3.55. The molecule has 0 bridgehead atoms. The third-order valence-electron chi connectivity index (χ3n) is 4.92. The normalized spacial score (nSPS) is 10.9. The highest BCUT2D eigenvalue weighted by atomic mass is 16.6. The Balaban J connectivity index is 1.57. The van der Waals surface area contributed by atoms with E-state index in [2.05, 4.69) is 41.3 Å². The Morgan fingerprint density at radius 1 is 1.03 bits per heavy atom. The summed E-state index contributed by atoms with van der Waals surface area (Å²) >= 11 is 0. The van der Waals surface area contributed by atoms with Crippen molar-refractivity contribution in [1.29, 1.82) is 0 Å². The van der Waals surface area contributed by atoms with Crippen molar-refractivity contribution in [3.63, 3.8) is 0 Å². The standard InChI is InChI=1S/C22H25N5O3/c1-3-25(4-2)16-18-7-5-17(6-8-18)15-23-22(28)21-13-14-26(24-21)19-9-11-20(12-10-19)27(29)30/h5-14H,3-4,15-16H2,1-2H3,(H,23,28). The predicted molar refractivity (Wildman–Crippen MR) is 114 cm³/mol. The van der Waals surface area contributed by atoms with E-state index in [-0.39, 0.29) is 17.3 Å². The molecular weight excluding hydrogens is 382 g/mol. The highest BCUT2D eigenvalue weighted by Crippen LogP contribution is 2.15. The number of nitro benzene ring substituents is 1. The number of nitrogens with one attached hydrogen (secondary N) is 1. The van der Waals surface area contributed by atoms with E-state index in [1.165, 1.54) is 22.4 Å². The van der Waals surface area contributed by atoms with Gasteiger partial charge in [-0.15, -0.1) is 0 Å². The minimum absolute atomic E-state index is 0.00647. The molecule has 8 heteroatoms. The van der Waals surface area contributed by atoms with Crippen LogP contribution in [0.15, 0.2) is 60.8 Å². The first-order chi connectivity index (χ1) is 14.5. The summed E-state index contributed by atoms with van der Waals surface area (Å²) in [4.78, 5) is 25.1. The molecule has 0 aliphatic heterocycles. The molecule has 30 heavy (non-hydrogen) atoms. The summed E-state index contributed by atoms with van der Waals surface area (Å²) in [6, 6.07) is 15.8. The molecule has 0 unspecified atom stereocenters. The number of non-ortho nitro benzene ring substituents is 1. The van der Waals surface area contributed by atoms with Crippen molar-refractivity contribution < 1.29 is 9.72 Å². The lowest BCUT2D eigenvalue weighted by Crippen LogP contribution is -2.23. The van der Waals surface area contributed by atoms with Gasteiger partial charge in [0.15, 0.2) is 5.69 Å². The number of amides is 1. The van der Waals surface area contributed by atoms with E-state index in [0.29, 0.717) is 12.2 Å². The Kier molecular flexibility index (Phi) is 6.92. The fourth-order valence-electron chi connectivity index (χ4n) is 3.06. The lowest BCUT2D eigenvalue weighted by atomic mass is 10.1. The molecular formula is C22H25N5O3. The SMILES string of the molecule is CCN(CC)Cc1ccc(CNC(=O)c2ccn(-c3ccc([N+](=O)[O-])cc3)n2)cc1. The van der Waals surface area contributed by atoms with E-state index in [0.717, 1.165) is 25.2 Å². The maximum atomic E-state index is 12.4. The van der Waals surface area contributed by atoms with Crippen LogP contribution in [0.4, 0.5) is 5.69 Å². The van der Waals surface area contributed by atoms with Gasteiger partial charge < -0.3 is 5.32 Å². The van der Waals surface area contributed by atoms with Gasteiger partial charge in [-0.3, -0.25) is 19.8 Å². The Morgan fingerprint density at radius 2 is 1.67 bits per heavy atom. The molecule has 0 aliphatic carbocycles. The topological polar surface area (TPSA) is 93.3 Å². The van der Waals surface area contributed by atoms with Crippen LogP contribution in [0.5, 0.6) is 0 Å². The summed E-state index contributed by atoms with van der Waals surface area (Å²) in [6.45, 7) is 7.66. The van der Waals surface area contributed by atoms with E-state index in [1.807, 2.05) is 12.1 Å². The van der Waals surface area contributed by atoms with E-state index in [4.69, 9.17) is 0 Å². The van der Waals surface area contributed by atoms with Crippen LogP contribution in [0.2, 0.25) is 0 Å². The summed E-state index contributed by atoms with van der Waals surface area (Å²) in [5.41, 5.74) is 3.19. The van der Waals surface area contributed by atoms with E-state index in [1.54, 1.807) is 24.4 Å². The van der Waals surface area contributed by atoms with Gasteiger partial charge in [0.05, 0.1) is 10.6 Å². The zero-order chi connectivity index (χ0) is 21.5. The van der Waals surface area contributed by atoms with Gasteiger partial charge in [-0.05, 0) is 42.4 Å². The van der Waals surface area contributed by atoms with Crippen molar-refractivity contribution in [2.75, 3.05) is 13.1 Å². The first-order valence-electron chi connectivity index (χ1n) is 9.89. The maximum Gasteiger partial charge on any atom is 0.272 e. The van der Waals surface area contributed by atoms with Crippen LogP contribution < -0.4 is 5.32 Å². The van der Waals surface area contributed by atoms with Gasteiger partial charge in [0.2, 0.25) is 0 Å². The average Bonchev–Trinajstić information content (AvgIpc) is 3.27. The Bertz CT molecular complexity index is 992. The number of benzene rings is 2. The number of hydrogen-bond donors (Lipinski definition) is 1. The molecule has 1 amide bonds. The van der Waals surface area contributed by atoms with Crippen LogP contribution in [0.25, 0.3) is 5.69 Å². The average molecular weight is 407 g/mol. The second kappa shape index (κ2) is 9.80. The Hall–Kier alpha value is -3.52. The van der Waals surface area contributed by atoms with Crippen LogP contribution >= 0.6 is 0 Å². The van der Waals surface area contributed by atoms with Gasteiger partial charge in [0.1, 0.15) is 0 Å². The minimum Gasteiger partial charge on any atom is -0.347 e. The van der Waals surface area contributed by atoms with Crippen molar-refractivity contribution in [1.82, 2.24) is 20.0 Å². The van der Waals surface area contributed by atoms with Crippen LogP contribution in [0.3, 0.4) is 0 Å². The lowest BCUT2D eigenvalue weighted by molar-refractivity contribution is -0.384. The Morgan fingerprint density at radius 3 is 2.27 bits per heavy atom. The van der Waals surface area contributed by atoms with Crippen molar-refractivity contribution in [2.45, 2.75) is 26.9 Å². The monoisotopic (exact) mass is 407 g/mol. The molecule has 0 atom stereocenters. The van der Waals surface area contributed by atoms with Gasteiger partial charge in [-0.25, -0.2) is 4.68 Å². The third-order valence-corrected chi connectivity index (χ3v) is 4.92. The molecule has 1 aromatic heterocycles. The molecule has 0 saturated heterocycles. The van der Waals surface area contributed by atoms with Crippen LogP contribution in [0.1, 0.15) is 35.5 Å². The number of carbonyl (C=O) groups excluding carboxylic acids is 1. The summed E-state index contributed by atoms with van der Waals surface area (Å²) in [6.07, 6.45) is 1.65. The third kappa shape index (κ3) is 5.30. The van der Waals surface area contributed by atoms with Gasteiger partial charge in [-0.1, -0.05) is 38.1 Å². The molecule has 0 saturated carbocycles. The van der Waals surface area contributed by atoms with Crippen molar-refractivity contribution >= 4 is 11.6 Å². The summed E-state index contributed by atoms with van der Waals surface area (Å²) in [7, 11) is 0. The second-order valence-corrected chi connectivity index (χ2v) is 6.88. The van der Waals surface area contributed by atoms with Crippen molar-refractivity contribution in [3.8, 4) is 5.69 Å². The molecule has 1 N–H and O–H groups in total. The fraction of sp³-hybridized carbons (Fsp3) is 0.273. The molecule has 0 aliphatic rings. The zero-order valence-electron chi connectivity index (χ0n) is 17.1. The molecule has 2 aromatic carbocycles.